The van der Waals surface area contributed by atoms with Gasteiger partial charge >= 0.3 is 0 Å². The van der Waals surface area contributed by atoms with E-state index in [-0.39, 0.29) is 5.60 Å². The van der Waals surface area contributed by atoms with Crippen molar-refractivity contribution >= 4 is 18.0 Å². The normalized spacial score (nSPS) is 27.2. The Morgan fingerprint density at radius 1 is 1.50 bits per heavy atom. The third-order valence-electron chi connectivity index (χ3n) is 4.00. The van der Waals surface area contributed by atoms with Crippen LogP contribution in [0.2, 0.25) is 0 Å². The van der Waals surface area contributed by atoms with E-state index < -0.39 is 0 Å². The number of rotatable bonds is 2. The van der Waals surface area contributed by atoms with Gasteiger partial charge in [-0.3, -0.25) is 9.48 Å². The number of nitrogens with zero attached hydrogens (tertiary/aromatic N) is 2. The van der Waals surface area contributed by atoms with Crippen LogP contribution in [-0.2, 0) is 4.74 Å². The van der Waals surface area contributed by atoms with Gasteiger partial charge in [-0.15, -0.1) is 0 Å². The Morgan fingerprint density at radius 3 is 3.06 bits per heavy atom. The van der Waals surface area contributed by atoms with E-state index in [1.54, 1.807) is 6.20 Å². The molecule has 1 aromatic heterocycles. The Kier molecular flexibility index (Phi) is 3.43. The molecule has 2 aliphatic heterocycles. The molecule has 0 N–H and O–H groups in total. The lowest BCUT2D eigenvalue weighted by atomic mass is 9.85. The topological polar surface area (TPSA) is 44.1 Å². The molecule has 18 heavy (non-hydrogen) atoms. The van der Waals surface area contributed by atoms with Gasteiger partial charge in [0.05, 0.1) is 23.4 Å². The monoisotopic (exact) mass is 266 g/mol. The number of carbonyl (C=O) groups is 1. The summed E-state index contributed by atoms with van der Waals surface area (Å²) in [5.74, 6) is 2.40. The molecule has 0 saturated carbocycles. The van der Waals surface area contributed by atoms with Crippen LogP contribution in [-0.4, -0.2) is 39.8 Å². The van der Waals surface area contributed by atoms with Gasteiger partial charge in [0.25, 0.3) is 0 Å². The van der Waals surface area contributed by atoms with Crippen LogP contribution < -0.4 is 0 Å². The van der Waals surface area contributed by atoms with Gasteiger partial charge in [0.2, 0.25) is 0 Å². The fourth-order valence-electron chi connectivity index (χ4n) is 2.93. The number of thioether (sulfide) groups is 1. The highest BCUT2D eigenvalue weighted by atomic mass is 32.2. The van der Waals surface area contributed by atoms with Gasteiger partial charge in [0, 0.05) is 12.8 Å². The maximum Gasteiger partial charge on any atom is 0.153 e. The van der Waals surface area contributed by atoms with E-state index in [1.807, 2.05) is 22.6 Å². The van der Waals surface area contributed by atoms with Crippen molar-refractivity contribution in [3.05, 3.63) is 18.0 Å². The molecule has 0 bridgehead atoms. The molecule has 2 aliphatic rings. The Labute approximate surface area is 111 Å². The first-order chi connectivity index (χ1) is 8.81. The van der Waals surface area contributed by atoms with E-state index >= 15 is 0 Å². The van der Waals surface area contributed by atoms with Crippen LogP contribution in [0, 0.1) is 0 Å². The summed E-state index contributed by atoms with van der Waals surface area (Å²) in [5, 5.41) is 4.31. The highest BCUT2D eigenvalue weighted by Crippen LogP contribution is 2.41. The SMILES string of the molecule is O=Cc1cnn(C2CCOC3(CCSCC3)C2)c1. The highest BCUT2D eigenvalue weighted by Gasteiger charge is 2.39. The summed E-state index contributed by atoms with van der Waals surface area (Å²) in [4.78, 5) is 10.7. The fourth-order valence-corrected chi connectivity index (χ4v) is 4.17. The Morgan fingerprint density at radius 2 is 2.33 bits per heavy atom. The van der Waals surface area contributed by atoms with Crippen molar-refractivity contribution in [1.82, 2.24) is 9.78 Å². The lowest BCUT2D eigenvalue weighted by Gasteiger charge is -2.43. The largest absolute Gasteiger partial charge is 0.375 e. The molecule has 2 fully saturated rings. The number of aromatic nitrogens is 2. The standard InChI is InChI=1S/C13H18N2O2S/c16-10-11-8-14-15(9-11)12-1-4-17-13(7-12)2-5-18-6-3-13/h8-10,12H,1-7H2. The molecule has 1 spiro atoms. The molecule has 2 saturated heterocycles. The number of aldehydes is 1. The molecular weight excluding hydrogens is 248 g/mol. The van der Waals surface area contributed by atoms with Gasteiger partial charge in [0.15, 0.2) is 6.29 Å². The van der Waals surface area contributed by atoms with Crippen molar-refractivity contribution in [1.29, 1.82) is 0 Å². The minimum absolute atomic E-state index is 0.0709. The molecule has 1 aromatic rings. The third kappa shape index (κ3) is 2.34. The van der Waals surface area contributed by atoms with Gasteiger partial charge < -0.3 is 4.74 Å². The fraction of sp³-hybridized carbons (Fsp3) is 0.692. The van der Waals surface area contributed by atoms with Crippen LogP contribution in [0.3, 0.4) is 0 Å². The first kappa shape index (κ1) is 12.2. The molecule has 0 aromatic carbocycles. The zero-order valence-corrected chi connectivity index (χ0v) is 11.2. The molecular formula is C13H18N2O2S. The van der Waals surface area contributed by atoms with Crippen LogP contribution >= 0.6 is 11.8 Å². The van der Waals surface area contributed by atoms with Gasteiger partial charge in [-0.05, 0) is 37.2 Å². The molecule has 5 heteroatoms. The molecule has 1 atom stereocenters. The van der Waals surface area contributed by atoms with Crippen molar-refractivity contribution in [3.8, 4) is 0 Å². The maximum atomic E-state index is 10.7. The molecule has 4 nitrogen and oxygen atoms in total. The van der Waals surface area contributed by atoms with E-state index in [0.717, 1.165) is 38.6 Å². The predicted molar refractivity (Wildman–Crippen MR) is 71.1 cm³/mol. The van der Waals surface area contributed by atoms with Crippen molar-refractivity contribution < 1.29 is 9.53 Å². The lowest BCUT2D eigenvalue weighted by molar-refractivity contribution is -0.100. The molecule has 3 rings (SSSR count). The number of hydrogen-bond donors (Lipinski definition) is 0. The van der Waals surface area contributed by atoms with Gasteiger partial charge in [-0.1, -0.05) is 0 Å². The van der Waals surface area contributed by atoms with Crippen molar-refractivity contribution in [2.45, 2.75) is 37.3 Å². The Hall–Kier alpha value is -0.810. The summed E-state index contributed by atoms with van der Waals surface area (Å²) < 4.78 is 8.02. The maximum absolute atomic E-state index is 10.7. The quantitative estimate of drug-likeness (QED) is 0.771. The van der Waals surface area contributed by atoms with Gasteiger partial charge in [0.1, 0.15) is 0 Å². The number of ether oxygens (including phenoxy) is 1. The summed E-state index contributed by atoms with van der Waals surface area (Å²) in [6, 6.07) is 0.385. The zero-order valence-electron chi connectivity index (χ0n) is 10.4. The van der Waals surface area contributed by atoms with Crippen LogP contribution in [0.1, 0.15) is 42.1 Å². The summed E-state index contributed by atoms with van der Waals surface area (Å²) in [6.45, 7) is 0.811. The molecule has 3 heterocycles. The van der Waals surface area contributed by atoms with E-state index in [2.05, 4.69) is 5.10 Å². The van der Waals surface area contributed by atoms with Crippen molar-refractivity contribution in [2.75, 3.05) is 18.1 Å². The smallest absolute Gasteiger partial charge is 0.153 e. The van der Waals surface area contributed by atoms with Crippen LogP contribution in [0.15, 0.2) is 12.4 Å². The third-order valence-corrected chi connectivity index (χ3v) is 4.99. The molecule has 0 amide bonds. The second-order valence-electron chi connectivity index (χ2n) is 5.16. The Bertz CT molecular complexity index is 421. The van der Waals surface area contributed by atoms with Crippen LogP contribution in [0.25, 0.3) is 0 Å². The average Bonchev–Trinajstić information content (AvgIpc) is 2.88. The lowest BCUT2D eigenvalue weighted by Crippen LogP contribution is -2.43. The number of hydrogen-bond acceptors (Lipinski definition) is 4. The molecule has 0 radical (unpaired) electrons. The van der Waals surface area contributed by atoms with Gasteiger partial charge in [-0.2, -0.15) is 16.9 Å². The van der Waals surface area contributed by atoms with Crippen LogP contribution in [0.5, 0.6) is 0 Å². The second-order valence-corrected chi connectivity index (χ2v) is 6.39. The van der Waals surface area contributed by atoms with E-state index in [4.69, 9.17) is 4.74 Å². The Balaban J connectivity index is 1.75. The minimum atomic E-state index is 0.0709. The molecule has 1 unspecified atom stereocenters. The highest BCUT2D eigenvalue weighted by molar-refractivity contribution is 7.99. The van der Waals surface area contributed by atoms with E-state index in [0.29, 0.717) is 11.6 Å². The van der Waals surface area contributed by atoms with E-state index in [1.165, 1.54) is 11.5 Å². The van der Waals surface area contributed by atoms with Crippen molar-refractivity contribution in [3.63, 3.8) is 0 Å². The summed E-state index contributed by atoms with van der Waals surface area (Å²) in [5.41, 5.74) is 0.733. The molecule has 98 valence electrons. The number of carbonyl (C=O) groups excluding carboxylic acids is 1. The summed E-state index contributed by atoms with van der Waals surface area (Å²) in [6.07, 6.45) is 8.68. The van der Waals surface area contributed by atoms with E-state index in [9.17, 15) is 4.79 Å². The van der Waals surface area contributed by atoms with Crippen LogP contribution in [0.4, 0.5) is 0 Å². The van der Waals surface area contributed by atoms with Gasteiger partial charge in [-0.25, -0.2) is 0 Å². The first-order valence-electron chi connectivity index (χ1n) is 6.52. The second kappa shape index (κ2) is 5.05. The summed E-state index contributed by atoms with van der Waals surface area (Å²) in [7, 11) is 0. The average molecular weight is 266 g/mol. The molecule has 0 aliphatic carbocycles. The minimum Gasteiger partial charge on any atom is -0.375 e. The zero-order chi connectivity index (χ0) is 12.4. The summed E-state index contributed by atoms with van der Waals surface area (Å²) >= 11 is 2.02. The van der Waals surface area contributed by atoms with Crippen molar-refractivity contribution in [2.24, 2.45) is 0 Å². The predicted octanol–water partition coefficient (Wildman–Crippen LogP) is 2.31. The first-order valence-corrected chi connectivity index (χ1v) is 7.68.